The summed E-state index contributed by atoms with van der Waals surface area (Å²) in [6, 6.07) is 8.37. The lowest BCUT2D eigenvalue weighted by Crippen LogP contribution is -2.43. The zero-order valence-corrected chi connectivity index (χ0v) is 12.8. The molecule has 108 valence electrons. The van der Waals surface area contributed by atoms with Gasteiger partial charge in [0.05, 0.1) is 11.4 Å². The summed E-state index contributed by atoms with van der Waals surface area (Å²) in [6.07, 6.45) is 9.91. The van der Waals surface area contributed by atoms with Crippen LogP contribution in [-0.2, 0) is 5.54 Å². The van der Waals surface area contributed by atoms with Crippen LogP contribution in [0.4, 0.5) is 0 Å². The Morgan fingerprint density at radius 2 is 1.70 bits per heavy atom. The summed E-state index contributed by atoms with van der Waals surface area (Å²) in [5.41, 5.74) is 1.46. The Bertz CT molecular complexity index is 472. The SMILES string of the molecule is Clc1ccc(C2(NC3=NCCCCC3)CCCC2)cc1. The number of hydrogen-bond acceptors (Lipinski definition) is 2. The minimum Gasteiger partial charge on any atom is -0.364 e. The highest BCUT2D eigenvalue weighted by Crippen LogP contribution is 2.39. The molecule has 0 atom stereocenters. The van der Waals surface area contributed by atoms with Crippen molar-refractivity contribution in [2.24, 2.45) is 4.99 Å². The van der Waals surface area contributed by atoms with Crippen LogP contribution in [0, 0.1) is 0 Å². The van der Waals surface area contributed by atoms with E-state index in [0.29, 0.717) is 0 Å². The van der Waals surface area contributed by atoms with Crippen LogP contribution in [0.15, 0.2) is 29.3 Å². The molecule has 1 saturated carbocycles. The Morgan fingerprint density at radius 3 is 2.45 bits per heavy atom. The highest BCUT2D eigenvalue weighted by molar-refractivity contribution is 6.30. The van der Waals surface area contributed by atoms with Crippen LogP contribution in [-0.4, -0.2) is 12.4 Å². The number of rotatable bonds is 2. The van der Waals surface area contributed by atoms with Gasteiger partial charge in [-0.05, 0) is 43.4 Å². The van der Waals surface area contributed by atoms with E-state index in [4.69, 9.17) is 16.6 Å². The Kier molecular flexibility index (Phi) is 4.30. The molecule has 1 aromatic rings. The number of halogens is 1. The summed E-state index contributed by atoms with van der Waals surface area (Å²) in [7, 11) is 0. The zero-order valence-electron chi connectivity index (χ0n) is 12.0. The molecule has 0 bridgehead atoms. The summed E-state index contributed by atoms with van der Waals surface area (Å²) in [5, 5.41) is 4.63. The van der Waals surface area contributed by atoms with Gasteiger partial charge in [0.15, 0.2) is 0 Å². The average Bonchev–Trinajstić information content (AvgIpc) is 2.78. The van der Waals surface area contributed by atoms with Crippen LogP contribution in [0.5, 0.6) is 0 Å². The third-order valence-electron chi connectivity index (χ3n) is 4.61. The van der Waals surface area contributed by atoms with Crippen LogP contribution in [0.1, 0.15) is 56.9 Å². The summed E-state index contributed by atoms with van der Waals surface area (Å²) < 4.78 is 0. The molecule has 0 radical (unpaired) electrons. The predicted molar refractivity (Wildman–Crippen MR) is 85.5 cm³/mol. The van der Waals surface area contributed by atoms with Crippen molar-refractivity contribution >= 4 is 17.4 Å². The molecule has 1 aliphatic heterocycles. The van der Waals surface area contributed by atoms with Gasteiger partial charge in [0.1, 0.15) is 0 Å². The third kappa shape index (κ3) is 3.01. The highest BCUT2D eigenvalue weighted by Gasteiger charge is 2.36. The van der Waals surface area contributed by atoms with Crippen molar-refractivity contribution in [1.29, 1.82) is 0 Å². The van der Waals surface area contributed by atoms with Gasteiger partial charge >= 0.3 is 0 Å². The fraction of sp³-hybridized carbons (Fsp3) is 0.588. The Balaban J connectivity index is 1.84. The standard InChI is InChI=1S/C17H23ClN2/c18-15-9-7-14(8-10-15)17(11-3-4-12-17)20-16-6-2-1-5-13-19-16/h7-10H,1-6,11-13H2,(H,19,20). The van der Waals surface area contributed by atoms with Gasteiger partial charge in [0.2, 0.25) is 0 Å². The van der Waals surface area contributed by atoms with Crippen molar-refractivity contribution in [2.45, 2.75) is 56.9 Å². The molecule has 0 spiro atoms. The van der Waals surface area contributed by atoms with Gasteiger partial charge in [0, 0.05) is 18.0 Å². The van der Waals surface area contributed by atoms with Gasteiger partial charge in [-0.2, -0.15) is 0 Å². The maximum atomic E-state index is 6.03. The largest absolute Gasteiger partial charge is 0.364 e. The Morgan fingerprint density at radius 1 is 0.950 bits per heavy atom. The lowest BCUT2D eigenvalue weighted by Gasteiger charge is -2.33. The number of nitrogens with zero attached hydrogens (tertiary/aromatic N) is 1. The first-order chi connectivity index (χ1) is 9.78. The second-order valence-corrected chi connectivity index (χ2v) is 6.50. The van der Waals surface area contributed by atoms with E-state index in [9.17, 15) is 0 Å². The normalized spacial score (nSPS) is 22.1. The van der Waals surface area contributed by atoms with Crippen molar-refractivity contribution < 1.29 is 0 Å². The topological polar surface area (TPSA) is 24.4 Å². The molecule has 1 N–H and O–H groups in total. The van der Waals surface area contributed by atoms with E-state index in [-0.39, 0.29) is 5.54 Å². The van der Waals surface area contributed by atoms with Gasteiger partial charge in [-0.25, -0.2) is 0 Å². The molecule has 0 unspecified atom stereocenters. The third-order valence-corrected chi connectivity index (χ3v) is 4.86. The molecule has 3 heteroatoms. The van der Waals surface area contributed by atoms with E-state index in [2.05, 4.69) is 17.4 Å². The number of hydrogen-bond donors (Lipinski definition) is 1. The van der Waals surface area contributed by atoms with E-state index in [1.54, 1.807) is 0 Å². The second kappa shape index (κ2) is 6.17. The van der Waals surface area contributed by atoms with Crippen LogP contribution in [0.3, 0.4) is 0 Å². The molecule has 0 saturated heterocycles. The maximum Gasteiger partial charge on any atom is 0.0969 e. The van der Waals surface area contributed by atoms with E-state index in [1.165, 1.54) is 56.3 Å². The summed E-state index contributed by atoms with van der Waals surface area (Å²) in [4.78, 5) is 4.75. The van der Waals surface area contributed by atoms with Crippen molar-refractivity contribution in [1.82, 2.24) is 5.32 Å². The lowest BCUT2D eigenvalue weighted by atomic mass is 9.88. The fourth-order valence-corrected chi connectivity index (χ4v) is 3.61. The number of benzene rings is 1. The first-order valence-corrected chi connectivity index (χ1v) is 8.24. The van der Waals surface area contributed by atoms with Crippen LogP contribution in [0.2, 0.25) is 5.02 Å². The molecule has 0 amide bonds. The van der Waals surface area contributed by atoms with Crippen LogP contribution < -0.4 is 5.32 Å². The highest BCUT2D eigenvalue weighted by atomic mass is 35.5. The minimum atomic E-state index is 0.0910. The van der Waals surface area contributed by atoms with Crippen LogP contribution >= 0.6 is 11.6 Å². The molecule has 2 aliphatic rings. The second-order valence-electron chi connectivity index (χ2n) is 6.06. The molecule has 1 fully saturated rings. The van der Waals surface area contributed by atoms with E-state index < -0.39 is 0 Å². The molecule has 3 rings (SSSR count). The van der Waals surface area contributed by atoms with Crippen molar-refractivity contribution in [2.75, 3.05) is 6.54 Å². The minimum absolute atomic E-state index is 0.0910. The van der Waals surface area contributed by atoms with E-state index in [1.807, 2.05) is 12.1 Å². The Hall–Kier alpha value is -1.02. The zero-order chi connectivity index (χ0) is 13.8. The van der Waals surface area contributed by atoms with Gasteiger partial charge in [-0.3, -0.25) is 4.99 Å². The predicted octanol–water partition coefficient (Wildman–Crippen LogP) is 4.67. The van der Waals surface area contributed by atoms with Gasteiger partial charge in [-0.15, -0.1) is 0 Å². The molecular weight excluding hydrogens is 268 g/mol. The average molecular weight is 291 g/mol. The summed E-state index contributed by atoms with van der Waals surface area (Å²) >= 11 is 6.03. The molecule has 1 heterocycles. The molecule has 1 aliphatic carbocycles. The van der Waals surface area contributed by atoms with Crippen molar-refractivity contribution in [3.63, 3.8) is 0 Å². The van der Waals surface area contributed by atoms with Crippen molar-refractivity contribution in [3.05, 3.63) is 34.9 Å². The van der Waals surface area contributed by atoms with E-state index in [0.717, 1.165) is 18.0 Å². The van der Waals surface area contributed by atoms with Crippen LogP contribution in [0.25, 0.3) is 0 Å². The fourth-order valence-electron chi connectivity index (χ4n) is 3.49. The summed E-state index contributed by atoms with van der Waals surface area (Å²) in [6.45, 7) is 0.985. The van der Waals surface area contributed by atoms with Crippen molar-refractivity contribution in [3.8, 4) is 0 Å². The van der Waals surface area contributed by atoms with Gasteiger partial charge in [-0.1, -0.05) is 43.0 Å². The molecular formula is C17H23ClN2. The van der Waals surface area contributed by atoms with Gasteiger partial charge in [0.25, 0.3) is 0 Å². The summed E-state index contributed by atoms with van der Waals surface area (Å²) in [5.74, 6) is 1.22. The quantitative estimate of drug-likeness (QED) is 0.841. The molecule has 20 heavy (non-hydrogen) atoms. The first-order valence-electron chi connectivity index (χ1n) is 7.86. The smallest absolute Gasteiger partial charge is 0.0969 e. The lowest BCUT2D eigenvalue weighted by molar-refractivity contribution is 0.402. The van der Waals surface area contributed by atoms with E-state index >= 15 is 0 Å². The first kappa shape index (κ1) is 13.9. The molecule has 2 nitrogen and oxygen atoms in total. The van der Waals surface area contributed by atoms with Gasteiger partial charge < -0.3 is 5.32 Å². The number of aliphatic imine (C=N–C) groups is 1. The maximum absolute atomic E-state index is 6.03. The number of nitrogens with one attached hydrogen (secondary N) is 1. The molecule has 0 aromatic heterocycles. The Labute approximate surface area is 126 Å². The molecule has 1 aromatic carbocycles. The number of amidine groups is 1. The monoisotopic (exact) mass is 290 g/mol.